The van der Waals surface area contributed by atoms with Crippen LogP contribution in [0, 0.1) is 5.92 Å². The van der Waals surface area contributed by atoms with E-state index in [2.05, 4.69) is 95.4 Å². The molecule has 4 nitrogen and oxygen atoms in total. The average Bonchev–Trinajstić information content (AvgIpc) is 3.28. The number of hydrogen-bond donors (Lipinski definition) is 2. The molecule has 4 unspecified atom stereocenters. The van der Waals surface area contributed by atoms with Gasteiger partial charge in [-0.25, -0.2) is 0 Å². The molecule has 0 heterocycles. The van der Waals surface area contributed by atoms with Crippen molar-refractivity contribution >= 4 is 11.7 Å². The molecular formula is C40H61NO3. The maximum absolute atomic E-state index is 11.6. The van der Waals surface area contributed by atoms with E-state index < -0.39 is 5.60 Å². The summed E-state index contributed by atoms with van der Waals surface area (Å²) >= 11 is 0. The molecular weight excluding hydrogens is 542 g/mol. The molecule has 0 radical (unpaired) electrons. The fourth-order valence-electron chi connectivity index (χ4n) is 5.06. The third kappa shape index (κ3) is 13.6. The van der Waals surface area contributed by atoms with Crippen molar-refractivity contribution < 1.29 is 14.6 Å². The summed E-state index contributed by atoms with van der Waals surface area (Å²) in [6.45, 7) is 19.9. The van der Waals surface area contributed by atoms with Crippen LogP contribution >= 0.6 is 0 Å². The first-order chi connectivity index (χ1) is 20.3. The first-order valence-electron chi connectivity index (χ1n) is 16.3. The summed E-state index contributed by atoms with van der Waals surface area (Å²) in [5.74, 6) is 3.02. The zero-order valence-corrected chi connectivity index (χ0v) is 28.2. The third-order valence-electron chi connectivity index (χ3n) is 8.41. The lowest BCUT2D eigenvalue weighted by Gasteiger charge is -2.19. The predicted molar refractivity (Wildman–Crippen MR) is 190 cm³/mol. The summed E-state index contributed by atoms with van der Waals surface area (Å²) in [5, 5.41) is 12.4. The van der Waals surface area contributed by atoms with Crippen LogP contribution in [0.4, 0.5) is 5.69 Å². The van der Waals surface area contributed by atoms with E-state index in [-0.39, 0.29) is 13.4 Å². The third-order valence-corrected chi connectivity index (χ3v) is 8.41. The Morgan fingerprint density at radius 3 is 1.91 bits per heavy atom. The molecule has 0 fully saturated rings. The summed E-state index contributed by atoms with van der Waals surface area (Å²) < 4.78 is 5.28. The van der Waals surface area contributed by atoms with Gasteiger partial charge in [-0.05, 0) is 117 Å². The Morgan fingerprint density at radius 2 is 1.41 bits per heavy atom. The number of ether oxygens (including phenoxy) is 1. The first kappa shape index (κ1) is 38.8. The molecule has 4 rings (SSSR count). The fraction of sp³-hybridized carbons (Fsp3) is 0.525. The molecule has 2 N–H and O–H groups in total. The Morgan fingerprint density at radius 1 is 0.886 bits per heavy atom. The molecule has 3 aromatic rings. The van der Waals surface area contributed by atoms with Crippen LogP contribution in [0.25, 0.3) is 0 Å². The molecule has 0 spiro atoms. The standard InChI is InChI=1S/C18H29NO2.C11H14.C10H14O.CH4/c1-6-14(2)15-9-11-16(12-10-15)19-13-7-8-17(20)21-18(3,4)5;1-8-7-10-5-3-4-6-11(10)9(8)2;1-3-8(2)9-4-6-10(11)7-5-9;/h9-12,14,19H,6-8,13H2,1-5H3;3-6,8-9H,7H2,1-2H3;4-8,11H,3H2,1-2H3;1H4. The number of hydrogen-bond acceptors (Lipinski definition) is 4. The zero-order chi connectivity index (χ0) is 32.0. The van der Waals surface area contributed by atoms with Gasteiger partial charge in [0.2, 0.25) is 0 Å². The van der Waals surface area contributed by atoms with Gasteiger partial charge in [0, 0.05) is 18.7 Å². The van der Waals surface area contributed by atoms with Gasteiger partial charge in [0.1, 0.15) is 11.4 Å². The molecule has 3 aromatic carbocycles. The number of rotatable bonds is 9. The molecule has 0 aromatic heterocycles. The highest BCUT2D eigenvalue weighted by Gasteiger charge is 2.24. The minimum atomic E-state index is -0.393. The van der Waals surface area contributed by atoms with Crippen LogP contribution in [-0.2, 0) is 16.0 Å². The van der Waals surface area contributed by atoms with Crippen LogP contribution in [-0.4, -0.2) is 23.2 Å². The summed E-state index contributed by atoms with van der Waals surface area (Å²) in [6, 6.07) is 24.8. The molecule has 4 heteroatoms. The second-order valence-electron chi connectivity index (χ2n) is 13.1. The Balaban J connectivity index is 0.000000354. The maximum Gasteiger partial charge on any atom is 0.306 e. The van der Waals surface area contributed by atoms with E-state index in [0.717, 1.165) is 43.3 Å². The number of fused-ring (bicyclic) bond motifs is 1. The van der Waals surface area contributed by atoms with Gasteiger partial charge in [0.05, 0.1) is 0 Å². The lowest BCUT2D eigenvalue weighted by molar-refractivity contribution is -0.154. The van der Waals surface area contributed by atoms with E-state index in [9.17, 15) is 4.79 Å². The molecule has 244 valence electrons. The van der Waals surface area contributed by atoms with Crippen molar-refractivity contribution in [3.05, 3.63) is 95.1 Å². The van der Waals surface area contributed by atoms with Crippen LogP contribution in [0.2, 0.25) is 0 Å². The molecule has 4 atom stereocenters. The number of benzene rings is 3. The van der Waals surface area contributed by atoms with Gasteiger partial charge in [0.25, 0.3) is 0 Å². The summed E-state index contributed by atoms with van der Waals surface area (Å²) in [7, 11) is 0. The summed E-state index contributed by atoms with van der Waals surface area (Å²) in [6.07, 6.45) is 4.81. The smallest absolute Gasteiger partial charge is 0.306 e. The van der Waals surface area contributed by atoms with Crippen molar-refractivity contribution in [3.8, 4) is 5.75 Å². The molecule has 0 bridgehead atoms. The van der Waals surface area contributed by atoms with Gasteiger partial charge >= 0.3 is 5.97 Å². The van der Waals surface area contributed by atoms with Gasteiger partial charge in [-0.3, -0.25) is 4.79 Å². The highest BCUT2D eigenvalue weighted by atomic mass is 16.6. The molecule has 0 amide bonds. The Hall–Kier alpha value is -3.27. The number of aromatic hydroxyl groups is 1. The van der Waals surface area contributed by atoms with E-state index >= 15 is 0 Å². The van der Waals surface area contributed by atoms with Crippen molar-refractivity contribution in [1.29, 1.82) is 0 Å². The quantitative estimate of drug-likeness (QED) is 0.189. The lowest BCUT2D eigenvalue weighted by Crippen LogP contribution is -2.24. The number of anilines is 1. The van der Waals surface area contributed by atoms with Crippen molar-refractivity contribution in [2.45, 2.75) is 125 Å². The van der Waals surface area contributed by atoms with Crippen LogP contribution in [0.5, 0.6) is 5.75 Å². The van der Waals surface area contributed by atoms with Crippen LogP contribution in [0.15, 0.2) is 72.8 Å². The first-order valence-corrected chi connectivity index (χ1v) is 16.3. The van der Waals surface area contributed by atoms with Crippen molar-refractivity contribution in [2.24, 2.45) is 5.92 Å². The van der Waals surface area contributed by atoms with E-state index in [0.29, 0.717) is 24.0 Å². The Kier molecular flexibility index (Phi) is 16.9. The Bertz CT molecular complexity index is 1210. The van der Waals surface area contributed by atoms with Crippen LogP contribution < -0.4 is 5.32 Å². The van der Waals surface area contributed by atoms with Crippen molar-refractivity contribution in [2.75, 3.05) is 11.9 Å². The number of phenolic OH excluding ortho intramolecular Hbond substituents is 1. The number of phenols is 1. The van der Waals surface area contributed by atoms with E-state index in [4.69, 9.17) is 9.84 Å². The average molecular weight is 604 g/mol. The maximum atomic E-state index is 11.6. The highest BCUT2D eigenvalue weighted by Crippen LogP contribution is 2.36. The van der Waals surface area contributed by atoms with Gasteiger partial charge in [0.15, 0.2) is 0 Å². The lowest BCUT2D eigenvalue weighted by atomic mass is 9.97. The van der Waals surface area contributed by atoms with Gasteiger partial charge in [-0.2, -0.15) is 0 Å². The van der Waals surface area contributed by atoms with Gasteiger partial charge in [-0.1, -0.05) is 97.5 Å². The molecule has 44 heavy (non-hydrogen) atoms. The zero-order valence-electron chi connectivity index (χ0n) is 28.2. The molecule has 0 saturated carbocycles. The van der Waals surface area contributed by atoms with E-state index in [1.54, 1.807) is 23.3 Å². The number of nitrogens with one attached hydrogen (secondary N) is 1. The molecule has 1 aliphatic rings. The molecule has 0 saturated heterocycles. The highest BCUT2D eigenvalue weighted by molar-refractivity contribution is 5.69. The molecule has 1 aliphatic carbocycles. The minimum Gasteiger partial charge on any atom is -0.508 e. The topological polar surface area (TPSA) is 58.6 Å². The van der Waals surface area contributed by atoms with E-state index in [1.165, 1.54) is 17.5 Å². The van der Waals surface area contributed by atoms with Crippen LogP contribution in [0.3, 0.4) is 0 Å². The second kappa shape index (κ2) is 19.2. The number of carbonyl (C=O) groups is 1. The fourth-order valence-corrected chi connectivity index (χ4v) is 5.06. The number of carbonyl (C=O) groups excluding carboxylic acids is 1. The normalized spacial score (nSPS) is 16.5. The van der Waals surface area contributed by atoms with Crippen molar-refractivity contribution in [3.63, 3.8) is 0 Å². The largest absolute Gasteiger partial charge is 0.508 e. The SMILES string of the molecule is C.CC1Cc2ccccc2C1C.CCC(C)c1ccc(NCCCC(=O)OC(C)(C)C)cc1.CCC(C)c1ccc(O)cc1. The monoisotopic (exact) mass is 603 g/mol. The van der Waals surface area contributed by atoms with Crippen molar-refractivity contribution in [1.82, 2.24) is 0 Å². The second-order valence-corrected chi connectivity index (χ2v) is 13.1. The summed E-state index contributed by atoms with van der Waals surface area (Å²) in [5.41, 5.74) is 6.51. The Labute approximate surface area is 269 Å². The molecule has 0 aliphatic heterocycles. The van der Waals surface area contributed by atoms with Crippen LogP contribution in [0.1, 0.15) is 135 Å². The predicted octanol–water partition coefficient (Wildman–Crippen LogP) is 11.3. The van der Waals surface area contributed by atoms with Gasteiger partial charge in [-0.15, -0.1) is 0 Å². The summed E-state index contributed by atoms with van der Waals surface area (Å²) in [4.78, 5) is 11.6. The van der Waals surface area contributed by atoms with Gasteiger partial charge < -0.3 is 15.2 Å². The number of esters is 1. The van der Waals surface area contributed by atoms with E-state index in [1.807, 2.05) is 32.9 Å². The minimum absolute atomic E-state index is 0.